The van der Waals surface area contributed by atoms with Gasteiger partial charge in [-0.1, -0.05) is 0 Å². The summed E-state index contributed by atoms with van der Waals surface area (Å²) in [5.41, 5.74) is 1.47. The molecule has 0 saturated carbocycles. The molecule has 3 heterocycles. The zero-order valence-electron chi connectivity index (χ0n) is 16.8. The number of hydrogen-bond acceptors (Lipinski definition) is 6. The van der Waals surface area contributed by atoms with Crippen LogP contribution >= 0.6 is 0 Å². The van der Waals surface area contributed by atoms with Crippen molar-refractivity contribution in [1.29, 1.82) is 0 Å². The summed E-state index contributed by atoms with van der Waals surface area (Å²) < 4.78 is 41.3. The van der Waals surface area contributed by atoms with Crippen molar-refractivity contribution < 1.29 is 13.2 Å². The Labute approximate surface area is 166 Å². The van der Waals surface area contributed by atoms with Gasteiger partial charge in [-0.3, -0.25) is 9.78 Å². The molecule has 3 aromatic heterocycles. The third kappa shape index (κ3) is 3.89. The second-order valence-corrected chi connectivity index (χ2v) is 7.15. The van der Waals surface area contributed by atoms with E-state index in [1.54, 1.807) is 17.8 Å². The van der Waals surface area contributed by atoms with Crippen molar-refractivity contribution in [3.05, 3.63) is 41.1 Å². The molecule has 0 bridgehead atoms. The molecule has 0 saturated heterocycles. The molecule has 3 rings (SSSR count). The lowest BCUT2D eigenvalue weighted by Crippen LogP contribution is -2.24. The average Bonchev–Trinajstić information content (AvgIpc) is 3.21. The number of halogens is 3. The number of rotatable bonds is 6. The van der Waals surface area contributed by atoms with Gasteiger partial charge in [-0.2, -0.15) is 28.4 Å². The molecule has 0 spiro atoms. The Morgan fingerprint density at radius 2 is 1.97 bits per heavy atom. The molecule has 11 heteroatoms. The van der Waals surface area contributed by atoms with Gasteiger partial charge in [-0.25, -0.2) is 4.98 Å². The average molecular weight is 408 g/mol. The van der Waals surface area contributed by atoms with E-state index in [0.717, 1.165) is 11.9 Å². The normalized spacial score (nSPS) is 12.3. The van der Waals surface area contributed by atoms with Crippen molar-refractivity contribution in [1.82, 2.24) is 29.9 Å². The number of aryl methyl sites for hydroxylation is 2. The number of hydrogen-bond donors (Lipinski definition) is 3. The van der Waals surface area contributed by atoms with Gasteiger partial charge in [0.15, 0.2) is 0 Å². The number of aromatic nitrogens is 6. The van der Waals surface area contributed by atoms with Crippen molar-refractivity contribution >= 4 is 17.5 Å². The lowest BCUT2D eigenvalue weighted by atomic mass is 9.84. The molecule has 0 aromatic carbocycles. The smallest absolute Gasteiger partial charge is 0.370 e. The Morgan fingerprint density at radius 3 is 2.55 bits per heavy atom. The second-order valence-electron chi connectivity index (χ2n) is 7.15. The van der Waals surface area contributed by atoms with Crippen molar-refractivity contribution in [3.63, 3.8) is 0 Å². The maximum Gasteiger partial charge on any atom is 0.421 e. The summed E-state index contributed by atoms with van der Waals surface area (Å²) in [6, 6.07) is 1.89. The lowest BCUT2D eigenvalue weighted by Gasteiger charge is -2.24. The van der Waals surface area contributed by atoms with E-state index >= 15 is 0 Å². The topological polar surface area (TPSA) is 96.3 Å². The van der Waals surface area contributed by atoms with Crippen LogP contribution in [0.1, 0.15) is 43.4 Å². The molecule has 0 amide bonds. The van der Waals surface area contributed by atoms with Gasteiger partial charge in [-0.15, -0.1) is 0 Å². The number of H-pyrrole nitrogens is 1. The summed E-state index contributed by atoms with van der Waals surface area (Å²) in [4.78, 5) is 7.90. The van der Waals surface area contributed by atoms with E-state index < -0.39 is 17.2 Å². The van der Waals surface area contributed by atoms with E-state index in [9.17, 15) is 13.2 Å². The molecule has 0 unspecified atom stereocenters. The SMILES string of the molecule is CCNc1nc(Nc2c(C(C)(C)c3ccnn3C)n[nH]c2C)ncc1C(F)(F)F. The first-order valence-electron chi connectivity index (χ1n) is 9.04. The van der Waals surface area contributed by atoms with Gasteiger partial charge in [0.05, 0.1) is 22.5 Å². The fraction of sp³-hybridized carbons (Fsp3) is 0.444. The lowest BCUT2D eigenvalue weighted by molar-refractivity contribution is -0.137. The van der Waals surface area contributed by atoms with Crippen LogP contribution in [-0.2, 0) is 18.6 Å². The first-order chi connectivity index (χ1) is 13.6. The van der Waals surface area contributed by atoms with Gasteiger partial charge in [-0.05, 0) is 33.8 Å². The van der Waals surface area contributed by atoms with E-state index in [-0.39, 0.29) is 11.8 Å². The number of anilines is 3. The molecule has 3 N–H and O–H groups in total. The van der Waals surface area contributed by atoms with Crippen LogP contribution in [-0.4, -0.2) is 36.5 Å². The quantitative estimate of drug-likeness (QED) is 0.575. The summed E-state index contributed by atoms with van der Waals surface area (Å²) in [6.07, 6.45) is -2.08. The van der Waals surface area contributed by atoms with Gasteiger partial charge >= 0.3 is 6.18 Å². The first-order valence-corrected chi connectivity index (χ1v) is 9.04. The maximum absolute atomic E-state index is 13.2. The molecule has 0 aliphatic heterocycles. The molecule has 0 atom stereocenters. The van der Waals surface area contributed by atoms with E-state index in [1.165, 1.54) is 0 Å². The highest BCUT2D eigenvalue weighted by atomic mass is 19.4. The van der Waals surface area contributed by atoms with E-state index in [4.69, 9.17) is 0 Å². The molecular formula is C18H23F3N8. The van der Waals surface area contributed by atoms with Crippen LogP contribution in [0.5, 0.6) is 0 Å². The van der Waals surface area contributed by atoms with Crippen molar-refractivity contribution in [2.45, 2.75) is 39.3 Å². The van der Waals surface area contributed by atoms with Crippen LogP contribution in [0.25, 0.3) is 0 Å². The summed E-state index contributed by atoms with van der Waals surface area (Å²) in [5.74, 6) is -0.230. The van der Waals surface area contributed by atoms with Gasteiger partial charge in [0.25, 0.3) is 0 Å². The Balaban J connectivity index is 2.01. The Bertz CT molecular complexity index is 1000. The second kappa shape index (κ2) is 7.37. The molecule has 3 aromatic rings. The number of alkyl halides is 3. The number of aromatic amines is 1. The Morgan fingerprint density at radius 1 is 1.24 bits per heavy atom. The molecule has 29 heavy (non-hydrogen) atoms. The highest BCUT2D eigenvalue weighted by molar-refractivity contribution is 5.64. The predicted molar refractivity (Wildman–Crippen MR) is 103 cm³/mol. The van der Waals surface area contributed by atoms with Gasteiger partial charge in [0, 0.05) is 31.7 Å². The Kier molecular flexibility index (Phi) is 5.24. The van der Waals surface area contributed by atoms with Crippen LogP contribution in [0.4, 0.5) is 30.6 Å². The first kappa shape index (κ1) is 20.6. The van der Waals surface area contributed by atoms with Crippen molar-refractivity contribution in [2.75, 3.05) is 17.2 Å². The maximum atomic E-state index is 13.2. The molecule has 156 valence electrons. The standard InChI is InChI=1S/C18H23F3N8/c1-6-22-15-11(18(19,20)21)9-23-16(26-15)25-13-10(2)27-28-14(13)17(3,4)12-7-8-24-29(12)5/h7-9H,6H2,1-5H3,(H,27,28)(H2,22,23,25,26). The number of nitrogens with one attached hydrogen (secondary N) is 3. The van der Waals surface area contributed by atoms with Gasteiger partial charge < -0.3 is 10.6 Å². The predicted octanol–water partition coefficient (Wildman–Crippen LogP) is 3.76. The molecule has 8 nitrogen and oxygen atoms in total. The molecule has 0 aliphatic carbocycles. The monoisotopic (exact) mass is 408 g/mol. The zero-order valence-corrected chi connectivity index (χ0v) is 16.8. The van der Waals surface area contributed by atoms with E-state index in [0.29, 0.717) is 23.6 Å². The zero-order chi connectivity index (χ0) is 21.4. The highest BCUT2D eigenvalue weighted by Gasteiger charge is 2.36. The molecule has 0 fully saturated rings. The molecule has 0 aliphatic rings. The minimum Gasteiger partial charge on any atom is -0.370 e. The van der Waals surface area contributed by atoms with Gasteiger partial charge in [0.1, 0.15) is 11.4 Å². The van der Waals surface area contributed by atoms with Crippen molar-refractivity contribution in [3.8, 4) is 0 Å². The van der Waals surface area contributed by atoms with Crippen LogP contribution in [0.15, 0.2) is 18.5 Å². The third-order valence-corrected chi connectivity index (χ3v) is 4.68. The van der Waals surface area contributed by atoms with Gasteiger partial charge in [0.2, 0.25) is 5.95 Å². The Hall–Kier alpha value is -3.11. The minimum absolute atomic E-state index is 0.0421. The fourth-order valence-corrected chi connectivity index (χ4v) is 3.21. The summed E-state index contributed by atoms with van der Waals surface area (Å²) in [6.45, 7) is 7.78. The van der Waals surface area contributed by atoms with E-state index in [2.05, 4.69) is 35.9 Å². The fourth-order valence-electron chi connectivity index (χ4n) is 3.21. The van der Waals surface area contributed by atoms with Crippen LogP contribution in [0.3, 0.4) is 0 Å². The van der Waals surface area contributed by atoms with Crippen LogP contribution in [0, 0.1) is 6.92 Å². The number of nitrogens with zero attached hydrogens (tertiary/aromatic N) is 5. The minimum atomic E-state index is -4.55. The van der Waals surface area contributed by atoms with E-state index in [1.807, 2.05) is 33.9 Å². The third-order valence-electron chi connectivity index (χ3n) is 4.68. The molecule has 0 radical (unpaired) electrons. The largest absolute Gasteiger partial charge is 0.421 e. The summed E-state index contributed by atoms with van der Waals surface area (Å²) in [5, 5.41) is 17.2. The van der Waals surface area contributed by atoms with Crippen LogP contribution in [0.2, 0.25) is 0 Å². The van der Waals surface area contributed by atoms with Crippen LogP contribution < -0.4 is 10.6 Å². The molecular weight excluding hydrogens is 385 g/mol. The highest BCUT2D eigenvalue weighted by Crippen LogP contribution is 2.38. The summed E-state index contributed by atoms with van der Waals surface area (Å²) >= 11 is 0. The van der Waals surface area contributed by atoms with Crippen molar-refractivity contribution in [2.24, 2.45) is 7.05 Å². The summed E-state index contributed by atoms with van der Waals surface area (Å²) in [7, 11) is 1.84.